The molecule has 1 N–H and O–H groups in total. The fraction of sp³-hybridized carbons (Fsp3) is 0.929. The zero-order valence-electron chi connectivity index (χ0n) is 11.5. The molecule has 0 aromatic carbocycles. The third-order valence-corrected chi connectivity index (χ3v) is 5.92. The van der Waals surface area contributed by atoms with Crippen molar-refractivity contribution in [1.82, 2.24) is 0 Å². The Labute approximate surface area is 114 Å². The number of rotatable bonds is 3. The number of aliphatic carboxylic acids is 1. The highest BCUT2D eigenvalue weighted by Crippen LogP contribution is 2.51. The first-order chi connectivity index (χ1) is 8.47. The summed E-state index contributed by atoms with van der Waals surface area (Å²) in [7, 11) is 0. The van der Waals surface area contributed by atoms with Crippen molar-refractivity contribution < 1.29 is 14.6 Å². The van der Waals surface area contributed by atoms with Gasteiger partial charge < -0.3 is 9.84 Å². The first kappa shape index (κ1) is 14.2. The molecule has 0 radical (unpaired) electrons. The zero-order valence-corrected chi connectivity index (χ0v) is 12.3. The molecule has 4 atom stereocenters. The minimum Gasteiger partial charge on any atom is -0.478 e. The molecule has 104 valence electrons. The lowest BCUT2D eigenvalue weighted by atomic mass is 9.67. The minimum absolute atomic E-state index is 0.159. The van der Waals surface area contributed by atoms with Gasteiger partial charge in [0, 0.05) is 11.7 Å². The number of hydrogen-bond donors (Lipinski definition) is 1. The Balaban J connectivity index is 2.27. The molecule has 2 unspecified atom stereocenters. The van der Waals surface area contributed by atoms with Gasteiger partial charge in [-0.15, -0.1) is 11.8 Å². The van der Waals surface area contributed by atoms with Gasteiger partial charge in [0.15, 0.2) is 0 Å². The number of thioether (sulfide) groups is 1. The molecule has 1 saturated heterocycles. The van der Waals surface area contributed by atoms with E-state index in [-0.39, 0.29) is 5.92 Å². The normalized spacial score (nSPS) is 41.2. The van der Waals surface area contributed by atoms with E-state index in [1.54, 1.807) is 0 Å². The smallest absolute Gasteiger partial charge is 0.346 e. The topological polar surface area (TPSA) is 46.5 Å². The standard InChI is InChI=1S/C14H24O3S/c1-9(2)11-5-4-10(3)8-12(11)14(13(15)16)17-6-7-18-14/h9-12H,4-8H2,1-3H3,(H,15,16)/t10-,11?,12?,14+/m1/s1. The van der Waals surface area contributed by atoms with Crippen molar-refractivity contribution in [2.24, 2.45) is 23.7 Å². The van der Waals surface area contributed by atoms with Crippen LogP contribution < -0.4 is 0 Å². The van der Waals surface area contributed by atoms with E-state index < -0.39 is 10.9 Å². The van der Waals surface area contributed by atoms with Crippen LogP contribution in [-0.2, 0) is 9.53 Å². The summed E-state index contributed by atoms with van der Waals surface area (Å²) in [5, 5.41) is 9.66. The summed E-state index contributed by atoms with van der Waals surface area (Å²) in [5.74, 6) is 1.82. The number of ether oxygens (including phenoxy) is 1. The molecule has 1 aliphatic heterocycles. The van der Waals surface area contributed by atoms with Gasteiger partial charge >= 0.3 is 5.97 Å². The van der Waals surface area contributed by atoms with Crippen LogP contribution >= 0.6 is 11.8 Å². The lowest BCUT2D eigenvalue weighted by Gasteiger charge is -2.44. The van der Waals surface area contributed by atoms with E-state index in [2.05, 4.69) is 20.8 Å². The van der Waals surface area contributed by atoms with Crippen LogP contribution in [0, 0.1) is 23.7 Å². The van der Waals surface area contributed by atoms with Crippen LogP contribution in [0.5, 0.6) is 0 Å². The summed E-state index contributed by atoms with van der Waals surface area (Å²) in [6, 6.07) is 0. The van der Waals surface area contributed by atoms with Gasteiger partial charge in [-0.05, 0) is 30.6 Å². The quantitative estimate of drug-likeness (QED) is 0.856. The van der Waals surface area contributed by atoms with Crippen LogP contribution in [0.2, 0.25) is 0 Å². The van der Waals surface area contributed by atoms with Crippen LogP contribution in [0.3, 0.4) is 0 Å². The van der Waals surface area contributed by atoms with Crippen molar-refractivity contribution >= 4 is 17.7 Å². The Hall–Kier alpha value is -0.220. The Morgan fingerprint density at radius 3 is 2.67 bits per heavy atom. The maximum Gasteiger partial charge on any atom is 0.346 e. The second kappa shape index (κ2) is 5.41. The second-order valence-corrected chi connectivity index (χ2v) is 7.41. The summed E-state index contributed by atoms with van der Waals surface area (Å²) >= 11 is 1.51. The SMILES string of the molecule is CC(C)C1CC[C@@H](C)CC1[C@]1(C(=O)O)OCCS1. The lowest BCUT2D eigenvalue weighted by Crippen LogP contribution is -2.49. The van der Waals surface area contributed by atoms with E-state index in [0.717, 1.165) is 18.6 Å². The highest BCUT2D eigenvalue weighted by molar-refractivity contribution is 8.01. The van der Waals surface area contributed by atoms with Crippen molar-refractivity contribution in [3.63, 3.8) is 0 Å². The number of hydrogen-bond acceptors (Lipinski definition) is 3. The predicted octanol–water partition coefficient (Wildman–Crippen LogP) is 3.24. The Morgan fingerprint density at radius 1 is 1.44 bits per heavy atom. The Kier molecular flexibility index (Phi) is 4.27. The van der Waals surface area contributed by atoms with E-state index in [0.29, 0.717) is 24.4 Å². The highest BCUT2D eigenvalue weighted by Gasteiger charge is 2.54. The van der Waals surface area contributed by atoms with Crippen molar-refractivity contribution in [2.75, 3.05) is 12.4 Å². The van der Waals surface area contributed by atoms with E-state index in [4.69, 9.17) is 4.74 Å². The van der Waals surface area contributed by atoms with Crippen LogP contribution in [0.15, 0.2) is 0 Å². The first-order valence-electron chi connectivity index (χ1n) is 6.98. The fourth-order valence-corrected chi connectivity index (χ4v) is 4.81. The molecule has 1 heterocycles. The summed E-state index contributed by atoms with van der Waals surface area (Å²) in [5.41, 5.74) is 0. The van der Waals surface area contributed by atoms with E-state index in [9.17, 15) is 9.90 Å². The third kappa shape index (κ3) is 2.42. The third-order valence-electron chi connectivity index (χ3n) is 4.52. The van der Waals surface area contributed by atoms with E-state index >= 15 is 0 Å². The van der Waals surface area contributed by atoms with Crippen molar-refractivity contribution in [3.8, 4) is 0 Å². The average Bonchev–Trinajstić information content (AvgIpc) is 2.78. The molecule has 0 bridgehead atoms. The molecule has 0 aromatic rings. The largest absolute Gasteiger partial charge is 0.478 e. The molecular formula is C14H24O3S. The minimum atomic E-state index is -0.969. The van der Waals surface area contributed by atoms with Gasteiger partial charge in [-0.1, -0.05) is 27.2 Å². The first-order valence-corrected chi connectivity index (χ1v) is 7.97. The van der Waals surface area contributed by atoms with Gasteiger partial charge in [0.05, 0.1) is 6.61 Å². The van der Waals surface area contributed by atoms with Crippen LogP contribution in [-0.4, -0.2) is 28.4 Å². The highest BCUT2D eigenvalue weighted by atomic mass is 32.2. The summed E-state index contributed by atoms with van der Waals surface area (Å²) in [6.45, 7) is 7.23. The predicted molar refractivity (Wildman–Crippen MR) is 73.6 cm³/mol. The summed E-state index contributed by atoms with van der Waals surface area (Å²) in [4.78, 5) is 10.8. The molecule has 4 heteroatoms. The van der Waals surface area contributed by atoms with Gasteiger partial charge in [-0.25, -0.2) is 4.79 Å². The average molecular weight is 272 g/mol. The summed E-state index contributed by atoms with van der Waals surface area (Å²) in [6.07, 6.45) is 3.35. The summed E-state index contributed by atoms with van der Waals surface area (Å²) < 4.78 is 5.73. The maximum absolute atomic E-state index is 11.8. The molecule has 1 aliphatic carbocycles. The molecule has 18 heavy (non-hydrogen) atoms. The maximum atomic E-state index is 11.8. The molecule has 0 amide bonds. The van der Waals surface area contributed by atoms with E-state index in [1.165, 1.54) is 18.2 Å². The van der Waals surface area contributed by atoms with Gasteiger partial charge in [-0.2, -0.15) is 0 Å². The van der Waals surface area contributed by atoms with Crippen molar-refractivity contribution in [2.45, 2.75) is 45.0 Å². The number of carboxylic acid groups (broad SMARTS) is 1. The Bertz CT molecular complexity index is 310. The fourth-order valence-electron chi connectivity index (χ4n) is 3.56. The van der Waals surface area contributed by atoms with Crippen molar-refractivity contribution in [1.29, 1.82) is 0 Å². The molecule has 3 nitrogen and oxygen atoms in total. The Morgan fingerprint density at radius 2 is 2.17 bits per heavy atom. The molecular weight excluding hydrogens is 248 g/mol. The van der Waals surface area contributed by atoms with Crippen LogP contribution in [0.4, 0.5) is 0 Å². The molecule has 1 saturated carbocycles. The molecule has 2 rings (SSSR count). The monoisotopic (exact) mass is 272 g/mol. The van der Waals surface area contributed by atoms with Gasteiger partial charge in [0.25, 0.3) is 0 Å². The van der Waals surface area contributed by atoms with E-state index in [1.807, 2.05) is 0 Å². The molecule has 2 fully saturated rings. The molecule has 0 spiro atoms. The van der Waals surface area contributed by atoms with Crippen LogP contribution in [0.1, 0.15) is 40.0 Å². The van der Waals surface area contributed by atoms with Gasteiger partial charge in [0.1, 0.15) is 0 Å². The van der Waals surface area contributed by atoms with Crippen molar-refractivity contribution in [3.05, 3.63) is 0 Å². The number of carbonyl (C=O) groups is 1. The van der Waals surface area contributed by atoms with Crippen LogP contribution in [0.25, 0.3) is 0 Å². The molecule has 0 aromatic heterocycles. The lowest BCUT2D eigenvalue weighted by molar-refractivity contribution is -0.161. The van der Waals surface area contributed by atoms with Gasteiger partial charge in [-0.3, -0.25) is 0 Å². The number of carboxylic acids is 1. The molecule has 2 aliphatic rings. The van der Waals surface area contributed by atoms with Gasteiger partial charge in [0.2, 0.25) is 4.93 Å². The second-order valence-electron chi connectivity index (χ2n) is 6.10. The zero-order chi connectivity index (χ0) is 13.3.